The van der Waals surface area contributed by atoms with Gasteiger partial charge in [-0.2, -0.15) is 0 Å². The Balaban J connectivity index is 0.779. The van der Waals surface area contributed by atoms with E-state index in [0.717, 1.165) is 102 Å². The number of unbranched alkanes of at least 4 members (excludes halogenated alkanes) is 1. The molecule has 0 heterocycles. The lowest BCUT2D eigenvalue weighted by Crippen LogP contribution is -2.28. The van der Waals surface area contributed by atoms with Crippen molar-refractivity contribution in [3.63, 3.8) is 0 Å². The Hall–Kier alpha value is -8.48. The predicted molar refractivity (Wildman–Crippen MR) is 269 cm³/mol. The van der Waals surface area contributed by atoms with Gasteiger partial charge >= 0.3 is 0 Å². The fraction of sp³-hybridized carbons (Fsp3) is 0.0968. The summed E-state index contributed by atoms with van der Waals surface area (Å²) in [4.78, 5) is 0. The molecule has 0 fully saturated rings. The Morgan fingerprint density at radius 2 is 0.662 bits per heavy atom. The van der Waals surface area contributed by atoms with E-state index in [9.17, 15) is 20.4 Å². The Kier molecular flexibility index (Phi) is 9.73. The van der Waals surface area contributed by atoms with Crippen LogP contribution in [-0.4, -0.2) is 33.6 Å². The number of rotatable bonds is 11. The molecule has 6 heteroatoms. The van der Waals surface area contributed by atoms with E-state index in [0.29, 0.717) is 24.3 Å². The zero-order valence-corrected chi connectivity index (χ0v) is 37.1. The van der Waals surface area contributed by atoms with Gasteiger partial charge in [0, 0.05) is 23.3 Å². The summed E-state index contributed by atoms with van der Waals surface area (Å²) in [5.41, 5.74) is 10.5. The van der Waals surface area contributed by atoms with Gasteiger partial charge in [-0.1, -0.05) is 146 Å². The molecule has 2 aliphatic rings. The summed E-state index contributed by atoms with van der Waals surface area (Å²) in [6.07, 6.45) is 1.59. The molecule has 0 spiro atoms. The van der Waals surface area contributed by atoms with Crippen LogP contribution in [0.1, 0.15) is 57.3 Å². The molecule has 0 aromatic heterocycles. The second kappa shape index (κ2) is 16.1. The van der Waals surface area contributed by atoms with Gasteiger partial charge in [-0.05, 0) is 139 Å². The van der Waals surface area contributed by atoms with Crippen LogP contribution in [0, 0.1) is 0 Å². The molecule has 330 valence electrons. The van der Waals surface area contributed by atoms with E-state index in [1.807, 2.05) is 48.5 Å². The van der Waals surface area contributed by atoms with Crippen LogP contribution in [-0.2, 0) is 10.8 Å². The van der Waals surface area contributed by atoms with Crippen LogP contribution in [0.25, 0.3) is 43.8 Å². The lowest BCUT2D eigenvalue weighted by Gasteiger charge is -2.34. The predicted octanol–water partition coefficient (Wildman–Crippen LogP) is 13.8. The zero-order valence-electron chi connectivity index (χ0n) is 37.1. The summed E-state index contributed by atoms with van der Waals surface area (Å²) in [6.45, 7) is 1.05. The molecule has 6 nitrogen and oxygen atoms in total. The summed E-state index contributed by atoms with van der Waals surface area (Å²) in [7, 11) is 0. The first-order valence-electron chi connectivity index (χ1n) is 23.1. The Morgan fingerprint density at radius 3 is 1.03 bits per heavy atom. The van der Waals surface area contributed by atoms with Gasteiger partial charge in [0.05, 0.1) is 24.0 Å². The first kappa shape index (κ1) is 41.0. The van der Waals surface area contributed by atoms with Crippen LogP contribution in [0.2, 0.25) is 0 Å². The second-order valence-corrected chi connectivity index (χ2v) is 17.9. The lowest BCUT2D eigenvalue weighted by molar-refractivity contribution is 0.267. The van der Waals surface area contributed by atoms with Crippen LogP contribution in [0.3, 0.4) is 0 Å². The van der Waals surface area contributed by atoms with Crippen molar-refractivity contribution in [3.8, 4) is 56.8 Å². The molecule has 2 aliphatic carbocycles. The number of fused-ring (bicyclic) bond motifs is 8. The summed E-state index contributed by atoms with van der Waals surface area (Å²) < 4.78 is 12.7. The van der Waals surface area contributed by atoms with E-state index < -0.39 is 10.8 Å². The summed E-state index contributed by atoms with van der Waals surface area (Å²) >= 11 is 0. The van der Waals surface area contributed by atoms with E-state index >= 15 is 0 Å². The molecule has 0 radical (unpaired) electrons. The molecule has 12 rings (SSSR count). The third kappa shape index (κ3) is 6.32. The van der Waals surface area contributed by atoms with Gasteiger partial charge in [0.25, 0.3) is 0 Å². The minimum absolute atomic E-state index is 0.0120. The van der Waals surface area contributed by atoms with Crippen molar-refractivity contribution in [2.24, 2.45) is 0 Å². The third-order valence-electron chi connectivity index (χ3n) is 14.2. The molecule has 0 atom stereocenters. The molecule has 10 aromatic rings. The van der Waals surface area contributed by atoms with Crippen molar-refractivity contribution < 1.29 is 29.9 Å². The quantitative estimate of drug-likeness (QED) is 0.0966. The van der Waals surface area contributed by atoms with Crippen LogP contribution in [0.15, 0.2) is 206 Å². The number of benzene rings is 10. The molecule has 10 aromatic carbocycles. The normalized spacial score (nSPS) is 13.7. The van der Waals surface area contributed by atoms with Crippen molar-refractivity contribution in [2.45, 2.75) is 23.7 Å². The highest BCUT2D eigenvalue weighted by molar-refractivity contribution is 5.92. The fourth-order valence-corrected chi connectivity index (χ4v) is 11.3. The van der Waals surface area contributed by atoms with Crippen molar-refractivity contribution in [1.29, 1.82) is 0 Å². The molecule has 68 heavy (non-hydrogen) atoms. The van der Waals surface area contributed by atoms with Gasteiger partial charge < -0.3 is 29.9 Å². The van der Waals surface area contributed by atoms with Crippen molar-refractivity contribution in [3.05, 3.63) is 251 Å². The van der Waals surface area contributed by atoms with Crippen molar-refractivity contribution >= 4 is 21.5 Å². The van der Waals surface area contributed by atoms with E-state index in [-0.39, 0.29) is 23.0 Å². The first-order chi connectivity index (χ1) is 33.3. The molecular weight excluding hydrogens is 841 g/mol. The minimum atomic E-state index is -0.822. The van der Waals surface area contributed by atoms with Gasteiger partial charge in [0.15, 0.2) is 0 Å². The van der Waals surface area contributed by atoms with Crippen molar-refractivity contribution in [1.82, 2.24) is 0 Å². The van der Waals surface area contributed by atoms with E-state index in [2.05, 4.69) is 133 Å². The fourth-order valence-electron chi connectivity index (χ4n) is 11.3. The number of aromatic hydroxyl groups is 4. The number of ether oxygens (including phenoxy) is 2. The largest absolute Gasteiger partial charge is 0.508 e. The topological polar surface area (TPSA) is 99.4 Å². The highest BCUT2D eigenvalue weighted by atomic mass is 16.5. The van der Waals surface area contributed by atoms with Crippen molar-refractivity contribution in [2.75, 3.05) is 13.2 Å². The molecule has 0 saturated carbocycles. The number of hydrogen-bond donors (Lipinski definition) is 4. The Bertz CT molecular complexity index is 3280. The molecule has 0 aliphatic heterocycles. The molecule has 0 saturated heterocycles. The SMILES string of the molecule is Oc1ccc(C2(c3ccc4ccc(OCCCCOc5ccc6ccc(C7(c8ccc(O)cc8O)c8ccccc8-c8ccccc87)cc6c5)cc4c3)c3ccccc3-c3ccccc32)c(O)c1. The zero-order chi connectivity index (χ0) is 46.0. The number of phenols is 4. The molecule has 0 bridgehead atoms. The average Bonchev–Trinajstić information content (AvgIpc) is 3.83. The van der Waals surface area contributed by atoms with Gasteiger partial charge in [0.2, 0.25) is 0 Å². The standard InChI is InChI=1S/C62H46O6/c63-45-25-29-57(59(65)37-45)61(53-15-5-1-11-49(53)50-12-2-6-16-54(50)61)43-23-19-39-21-27-47(35-41(39)33-43)67-31-9-10-32-68-48-28-22-40-20-24-44(34-42(40)36-48)62(58-30-26-46(64)38-60(58)66)55-17-7-3-13-51(55)52-14-4-8-18-56(52)62/h1-8,11-30,33-38,63-66H,9-10,31-32H2. The third-order valence-corrected chi connectivity index (χ3v) is 14.2. The Morgan fingerprint density at radius 1 is 0.309 bits per heavy atom. The maximum absolute atomic E-state index is 11.5. The van der Waals surface area contributed by atoms with E-state index in [4.69, 9.17) is 9.47 Å². The van der Waals surface area contributed by atoms with Gasteiger partial charge in [-0.3, -0.25) is 0 Å². The number of hydrogen-bond acceptors (Lipinski definition) is 6. The average molecular weight is 887 g/mol. The molecular formula is C62H46O6. The maximum atomic E-state index is 11.5. The van der Waals surface area contributed by atoms with Crippen LogP contribution in [0.4, 0.5) is 0 Å². The van der Waals surface area contributed by atoms with E-state index in [1.54, 1.807) is 12.1 Å². The minimum Gasteiger partial charge on any atom is -0.508 e. The lowest BCUT2D eigenvalue weighted by atomic mass is 9.67. The summed E-state index contributed by atoms with van der Waals surface area (Å²) in [5.74, 6) is 1.65. The van der Waals surface area contributed by atoms with Gasteiger partial charge in [-0.25, -0.2) is 0 Å². The summed E-state index contributed by atoms with van der Waals surface area (Å²) in [5, 5.41) is 47.9. The van der Waals surface area contributed by atoms with E-state index in [1.165, 1.54) is 12.1 Å². The van der Waals surface area contributed by atoms with Gasteiger partial charge in [-0.15, -0.1) is 0 Å². The summed E-state index contributed by atoms with van der Waals surface area (Å²) in [6, 6.07) is 68.7. The molecule has 4 N–H and O–H groups in total. The van der Waals surface area contributed by atoms with Crippen LogP contribution in [0.5, 0.6) is 34.5 Å². The smallest absolute Gasteiger partial charge is 0.124 e. The highest BCUT2D eigenvalue weighted by Gasteiger charge is 2.49. The molecule has 0 unspecified atom stereocenters. The van der Waals surface area contributed by atoms with Crippen LogP contribution >= 0.6 is 0 Å². The van der Waals surface area contributed by atoms with Gasteiger partial charge in [0.1, 0.15) is 34.5 Å². The second-order valence-electron chi connectivity index (χ2n) is 17.9. The maximum Gasteiger partial charge on any atom is 0.124 e. The highest BCUT2D eigenvalue weighted by Crippen LogP contribution is 2.60. The first-order valence-corrected chi connectivity index (χ1v) is 23.1. The monoisotopic (exact) mass is 886 g/mol. The van der Waals surface area contributed by atoms with Crippen LogP contribution < -0.4 is 9.47 Å². The number of phenolic OH excluding ortho intramolecular Hbond substituents is 4. The Labute approximate surface area is 394 Å². The molecule has 0 amide bonds.